The Bertz CT molecular complexity index is 355. The van der Waals surface area contributed by atoms with Gasteiger partial charge < -0.3 is 11.1 Å². The Kier molecular flexibility index (Phi) is 7.91. The molecule has 1 heterocycles. The van der Waals surface area contributed by atoms with Crippen molar-refractivity contribution >= 4 is 17.6 Å². The quantitative estimate of drug-likeness (QED) is 0.730. The maximum Gasteiger partial charge on any atom is 0.123 e. The molecule has 3 nitrogen and oxygen atoms in total. The van der Waals surface area contributed by atoms with Crippen LogP contribution in [-0.4, -0.2) is 29.1 Å². The summed E-state index contributed by atoms with van der Waals surface area (Å²) in [6.07, 6.45) is 3.99. The molecule has 0 saturated carbocycles. The third-order valence-electron chi connectivity index (χ3n) is 2.78. The van der Waals surface area contributed by atoms with Gasteiger partial charge in [0.2, 0.25) is 0 Å². The minimum atomic E-state index is 0.519. The van der Waals surface area contributed by atoms with Crippen LogP contribution in [0.5, 0.6) is 0 Å². The number of anilines is 1. The van der Waals surface area contributed by atoms with Gasteiger partial charge in [0, 0.05) is 18.0 Å². The summed E-state index contributed by atoms with van der Waals surface area (Å²) in [6.45, 7) is 7.82. The van der Waals surface area contributed by atoms with Crippen molar-refractivity contribution in [3.05, 3.63) is 23.9 Å². The molecule has 3 N–H and O–H groups in total. The Balaban J connectivity index is 2.48. The molecular formula is C15H27N3S. The second-order valence-corrected chi connectivity index (χ2v) is 6.45. The number of nitrogens with two attached hydrogens (primary N) is 1. The highest BCUT2D eigenvalue weighted by Gasteiger charge is 2.10. The van der Waals surface area contributed by atoms with E-state index in [0.717, 1.165) is 24.6 Å². The summed E-state index contributed by atoms with van der Waals surface area (Å²) in [4.78, 5) is 4.05. The van der Waals surface area contributed by atoms with Gasteiger partial charge in [-0.05, 0) is 48.8 Å². The zero-order valence-electron chi connectivity index (χ0n) is 12.4. The van der Waals surface area contributed by atoms with Gasteiger partial charge in [0.25, 0.3) is 0 Å². The Morgan fingerprint density at radius 2 is 2.16 bits per heavy atom. The molecule has 0 fully saturated rings. The van der Waals surface area contributed by atoms with Crippen molar-refractivity contribution in [2.45, 2.75) is 39.7 Å². The largest absolute Gasteiger partial charge is 0.384 e. The van der Waals surface area contributed by atoms with E-state index in [1.54, 1.807) is 6.20 Å². The Labute approximate surface area is 121 Å². The lowest BCUT2D eigenvalue weighted by molar-refractivity contribution is 0.549. The molecule has 19 heavy (non-hydrogen) atoms. The fourth-order valence-corrected chi connectivity index (χ4v) is 3.02. The highest BCUT2D eigenvalue weighted by atomic mass is 32.2. The van der Waals surface area contributed by atoms with E-state index in [1.807, 2.05) is 17.8 Å². The molecule has 1 atom stereocenters. The van der Waals surface area contributed by atoms with Crippen LogP contribution in [0.4, 0.5) is 5.82 Å². The van der Waals surface area contributed by atoms with Crippen LogP contribution in [0.3, 0.4) is 0 Å². The molecule has 0 spiro atoms. The maximum atomic E-state index is 5.74. The first-order chi connectivity index (χ1) is 9.11. The van der Waals surface area contributed by atoms with E-state index in [4.69, 9.17) is 5.73 Å². The van der Waals surface area contributed by atoms with E-state index in [2.05, 4.69) is 37.1 Å². The molecule has 1 aromatic rings. The summed E-state index contributed by atoms with van der Waals surface area (Å²) >= 11 is 2.03. The van der Waals surface area contributed by atoms with Gasteiger partial charge >= 0.3 is 0 Å². The van der Waals surface area contributed by atoms with Crippen molar-refractivity contribution in [3.63, 3.8) is 0 Å². The first-order valence-electron chi connectivity index (χ1n) is 7.13. The molecular weight excluding hydrogens is 254 g/mol. The van der Waals surface area contributed by atoms with Crippen molar-refractivity contribution in [3.8, 4) is 0 Å². The third kappa shape index (κ3) is 7.43. The van der Waals surface area contributed by atoms with E-state index in [1.165, 1.54) is 17.7 Å². The van der Waals surface area contributed by atoms with Gasteiger partial charge in [0.1, 0.15) is 5.82 Å². The number of hydrogen-bond donors (Lipinski definition) is 2. The monoisotopic (exact) mass is 281 g/mol. The molecule has 0 amide bonds. The number of hydrogen-bond acceptors (Lipinski definition) is 4. The number of nitrogens with zero attached hydrogens (tertiary/aromatic N) is 1. The van der Waals surface area contributed by atoms with Crippen LogP contribution in [-0.2, 0) is 6.42 Å². The van der Waals surface area contributed by atoms with Gasteiger partial charge in [-0.15, -0.1) is 0 Å². The average Bonchev–Trinajstić information content (AvgIpc) is 2.35. The summed E-state index contributed by atoms with van der Waals surface area (Å²) in [5.41, 5.74) is 7.01. The lowest BCUT2D eigenvalue weighted by Crippen LogP contribution is -2.34. The zero-order chi connectivity index (χ0) is 14.1. The van der Waals surface area contributed by atoms with Crippen LogP contribution in [0.25, 0.3) is 0 Å². The number of rotatable bonds is 9. The minimum Gasteiger partial charge on any atom is -0.384 e. The van der Waals surface area contributed by atoms with Crippen LogP contribution in [0, 0.1) is 5.92 Å². The molecule has 1 rings (SSSR count). The lowest BCUT2D eigenvalue weighted by Gasteiger charge is -2.19. The fraction of sp³-hybridized carbons (Fsp3) is 0.667. The molecule has 108 valence electrons. The summed E-state index contributed by atoms with van der Waals surface area (Å²) in [6, 6.07) is 4.56. The van der Waals surface area contributed by atoms with Gasteiger partial charge in [-0.25, -0.2) is 4.98 Å². The predicted molar refractivity (Wildman–Crippen MR) is 86.6 cm³/mol. The molecule has 4 heteroatoms. The Hall–Kier alpha value is -0.740. The number of aromatic nitrogens is 1. The smallest absolute Gasteiger partial charge is 0.123 e. The normalized spacial score (nSPS) is 12.8. The average molecular weight is 281 g/mol. The molecule has 0 aliphatic heterocycles. The molecule has 0 aliphatic rings. The molecule has 0 saturated heterocycles. The van der Waals surface area contributed by atoms with E-state index in [0.29, 0.717) is 11.9 Å². The third-order valence-corrected chi connectivity index (χ3v) is 4.32. The summed E-state index contributed by atoms with van der Waals surface area (Å²) in [5, 5.41) is 3.63. The summed E-state index contributed by atoms with van der Waals surface area (Å²) in [5.74, 6) is 3.75. The zero-order valence-corrected chi connectivity index (χ0v) is 13.2. The molecule has 0 aliphatic carbocycles. The second-order valence-electron chi connectivity index (χ2n) is 5.38. The first-order valence-corrected chi connectivity index (χ1v) is 8.28. The minimum absolute atomic E-state index is 0.519. The van der Waals surface area contributed by atoms with Crippen LogP contribution < -0.4 is 11.1 Å². The van der Waals surface area contributed by atoms with E-state index < -0.39 is 0 Å². The van der Waals surface area contributed by atoms with Crippen molar-refractivity contribution in [1.82, 2.24) is 10.3 Å². The number of nitrogens with one attached hydrogen (secondary N) is 1. The second kappa shape index (κ2) is 9.21. The van der Waals surface area contributed by atoms with Gasteiger partial charge in [0.15, 0.2) is 0 Å². The lowest BCUT2D eigenvalue weighted by atomic mass is 10.1. The highest BCUT2D eigenvalue weighted by molar-refractivity contribution is 7.99. The molecule has 0 radical (unpaired) electrons. The predicted octanol–water partition coefficient (Wildman–Crippen LogP) is 2.96. The van der Waals surface area contributed by atoms with Crippen LogP contribution >= 0.6 is 11.8 Å². The molecule has 1 aromatic heterocycles. The van der Waals surface area contributed by atoms with E-state index >= 15 is 0 Å². The van der Waals surface area contributed by atoms with Crippen molar-refractivity contribution in [1.29, 1.82) is 0 Å². The first kappa shape index (κ1) is 16.3. The number of pyridine rings is 1. The van der Waals surface area contributed by atoms with Crippen molar-refractivity contribution < 1.29 is 0 Å². The summed E-state index contributed by atoms with van der Waals surface area (Å²) < 4.78 is 0. The van der Waals surface area contributed by atoms with E-state index in [9.17, 15) is 0 Å². The highest BCUT2D eigenvalue weighted by Crippen LogP contribution is 2.13. The number of nitrogen functional groups attached to an aromatic ring is 1. The van der Waals surface area contributed by atoms with Crippen molar-refractivity contribution in [2.75, 3.05) is 23.8 Å². The fourth-order valence-electron chi connectivity index (χ4n) is 1.89. The van der Waals surface area contributed by atoms with Crippen LogP contribution in [0.15, 0.2) is 18.3 Å². The van der Waals surface area contributed by atoms with Gasteiger partial charge in [-0.1, -0.05) is 20.8 Å². The SMILES string of the molecule is CCCNC(CSCC(C)C)Cc1ccnc(N)c1. The van der Waals surface area contributed by atoms with Gasteiger partial charge in [-0.3, -0.25) is 0 Å². The Morgan fingerprint density at radius 3 is 2.79 bits per heavy atom. The molecule has 0 bridgehead atoms. The van der Waals surface area contributed by atoms with Crippen molar-refractivity contribution in [2.24, 2.45) is 5.92 Å². The summed E-state index contributed by atoms with van der Waals surface area (Å²) in [7, 11) is 0. The standard InChI is InChI=1S/C15H27N3S/c1-4-6-17-14(11-19-10-12(2)3)8-13-5-7-18-15(16)9-13/h5,7,9,12,14,17H,4,6,8,10-11H2,1-3H3,(H2,16,18). The Morgan fingerprint density at radius 1 is 1.37 bits per heavy atom. The van der Waals surface area contributed by atoms with Crippen LogP contribution in [0.2, 0.25) is 0 Å². The van der Waals surface area contributed by atoms with Crippen LogP contribution in [0.1, 0.15) is 32.8 Å². The topological polar surface area (TPSA) is 50.9 Å². The van der Waals surface area contributed by atoms with Gasteiger partial charge in [0.05, 0.1) is 0 Å². The molecule has 1 unspecified atom stereocenters. The maximum absolute atomic E-state index is 5.74. The van der Waals surface area contributed by atoms with E-state index in [-0.39, 0.29) is 0 Å². The van der Waals surface area contributed by atoms with Gasteiger partial charge in [-0.2, -0.15) is 11.8 Å². The number of thioether (sulfide) groups is 1. The molecule has 0 aromatic carbocycles.